The number of amides is 1. The van der Waals surface area contributed by atoms with Crippen molar-refractivity contribution < 1.29 is 28.8 Å². The molecule has 4 unspecified atom stereocenters. The summed E-state index contributed by atoms with van der Waals surface area (Å²) in [5.74, 6) is 1.48. The normalized spacial score (nSPS) is 21.3. The lowest BCUT2D eigenvalue weighted by Gasteiger charge is -2.43. The first-order chi connectivity index (χ1) is 22.4. The summed E-state index contributed by atoms with van der Waals surface area (Å²) in [6.07, 6.45) is 0.0825. The average molecular weight is 623 g/mol. The van der Waals surface area contributed by atoms with Gasteiger partial charge in [-0.3, -0.25) is 9.69 Å². The summed E-state index contributed by atoms with van der Waals surface area (Å²) in [6, 6.07) is 29.4. The lowest BCUT2D eigenvalue weighted by atomic mass is 9.89. The highest BCUT2D eigenvalue weighted by atomic mass is 16.7. The predicted molar refractivity (Wildman–Crippen MR) is 176 cm³/mol. The van der Waals surface area contributed by atoms with Crippen molar-refractivity contribution in [3.63, 3.8) is 0 Å². The number of fused-ring (bicyclic) bond motifs is 1. The number of carbonyl (C=O) groups excluding carboxylic acids is 1. The molecular weight excluding hydrogens is 580 g/mol. The van der Waals surface area contributed by atoms with Crippen molar-refractivity contribution in [2.24, 2.45) is 5.92 Å². The molecule has 8 nitrogen and oxygen atoms in total. The number of carbonyl (C=O) groups is 1. The third-order valence-corrected chi connectivity index (χ3v) is 9.10. The second-order valence-corrected chi connectivity index (χ2v) is 12.1. The van der Waals surface area contributed by atoms with E-state index >= 15 is 0 Å². The van der Waals surface area contributed by atoms with Crippen LogP contribution in [0.1, 0.15) is 63.1 Å². The van der Waals surface area contributed by atoms with Gasteiger partial charge in [0, 0.05) is 43.2 Å². The molecule has 6 rings (SSSR count). The second-order valence-electron chi connectivity index (χ2n) is 12.1. The monoisotopic (exact) mass is 622 g/mol. The van der Waals surface area contributed by atoms with E-state index in [0.29, 0.717) is 12.1 Å². The van der Waals surface area contributed by atoms with Crippen LogP contribution in [0.15, 0.2) is 91.0 Å². The highest BCUT2D eigenvalue weighted by Gasteiger charge is 2.39. The van der Waals surface area contributed by atoms with E-state index in [0.717, 1.165) is 59.8 Å². The molecule has 0 spiro atoms. The molecule has 4 atom stereocenters. The Bertz CT molecular complexity index is 1610. The maximum absolute atomic E-state index is 12.5. The first kappa shape index (κ1) is 31.8. The van der Waals surface area contributed by atoms with Crippen molar-refractivity contribution in [3.05, 3.63) is 130 Å². The molecule has 2 aliphatic rings. The van der Waals surface area contributed by atoms with Gasteiger partial charge in [-0.25, -0.2) is 0 Å². The van der Waals surface area contributed by atoms with Gasteiger partial charge in [-0.1, -0.05) is 73.7 Å². The van der Waals surface area contributed by atoms with Gasteiger partial charge in [0.2, 0.25) is 0 Å². The van der Waals surface area contributed by atoms with Crippen LogP contribution in [0.3, 0.4) is 0 Å². The molecule has 0 radical (unpaired) electrons. The Labute approximate surface area is 270 Å². The molecule has 46 heavy (non-hydrogen) atoms. The Kier molecular flexibility index (Phi) is 10.00. The van der Waals surface area contributed by atoms with E-state index < -0.39 is 6.29 Å². The standard InChI is InChI=1S/C38H42N2O6/c1-25-35(23-40-18-17-31-19-33(43-2)34(44-3)20-32(31)22-40)45-38(46-36(25)28-13-11-27(24-41)12-14-28)30-15-9-26(10-16-30)21-39-37(42)29-7-5-4-6-8-29/h4-16,19-20,25,35-36,38,41H,17-18,21-24H2,1-3H3,(H,39,42). The van der Waals surface area contributed by atoms with Crippen LogP contribution in [-0.4, -0.2) is 49.3 Å². The van der Waals surface area contributed by atoms with Crippen LogP contribution in [0.2, 0.25) is 0 Å². The summed E-state index contributed by atoms with van der Waals surface area (Å²) in [6.45, 7) is 5.08. The Morgan fingerprint density at radius 2 is 1.52 bits per heavy atom. The van der Waals surface area contributed by atoms with Gasteiger partial charge < -0.3 is 29.4 Å². The number of aliphatic hydroxyl groups excluding tert-OH is 1. The number of nitrogens with zero attached hydrogens (tertiary/aromatic N) is 1. The molecule has 0 saturated carbocycles. The Balaban J connectivity index is 1.19. The summed E-state index contributed by atoms with van der Waals surface area (Å²) in [5.41, 5.74) is 7.00. The topological polar surface area (TPSA) is 89.5 Å². The largest absolute Gasteiger partial charge is 0.493 e. The first-order valence-corrected chi connectivity index (χ1v) is 15.8. The van der Waals surface area contributed by atoms with Crippen molar-refractivity contribution in [1.82, 2.24) is 10.2 Å². The number of methoxy groups -OCH3 is 2. The number of aliphatic hydroxyl groups is 1. The molecule has 0 aliphatic carbocycles. The number of hydrogen-bond acceptors (Lipinski definition) is 7. The SMILES string of the molecule is COc1cc2c(cc1OC)CN(CC1OC(c3ccc(CNC(=O)c4ccccc4)cc3)OC(c3ccc(CO)cc3)C1C)CC2. The third kappa shape index (κ3) is 7.11. The van der Waals surface area contributed by atoms with Gasteiger partial charge in [0.25, 0.3) is 5.91 Å². The molecule has 1 fully saturated rings. The van der Waals surface area contributed by atoms with E-state index in [-0.39, 0.29) is 30.6 Å². The molecule has 0 aromatic heterocycles. The zero-order valence-electron chi connectivity index (χ0n) is 26.6. The lowest BCUT2D eigenvalue weighted by molar-refractivity contribution is -0.276. The van der Waals surface area contributed by atoms with Crippen LogP contribution >= 0.6 is 0 Å². The maximum Gasteiger partial charge on any atom is 0.251 e. The molecule has 2 heterocycles. The summed E-state index contributed by atoms with van der Waals surface area (Å²) in [7, 11) is 3.34. The maximum atomic E-state index is 12.5. The van der Waals surface area contributed by atoms with Crippen LogP contribution in [0, 0.1) is 5.92 Å². The summed E-state index contributed by atoms with van der Waals surface area (Å²) >= 11 is 0. The highest BCUT2D eigenvalue weighted by Crippen LogP contribution is 2.42. The van der Waals surface area contributed by atoms with E-state index in [1.54, 1.807) is 26.4 Å². The van der Waals surface area contributed by atoms with Crippen LogP contribution in [0.4, 0.5) is 0 Å². The van der Waals surface area contributed by atoms with Gasteiger partial charge in [-0.15, -0.1) is 0 Å². The predicted octanol–water partition coefficient (Wildman–Crippen LogP) is 5.98. The van der Waals surface area contributed by atoms with Crippen LogP contribution < -0.4 is 14.8 Å². The van der Waals surface area contributed by atoms with Crippen molar-refractivity contribution in [1.29, 1.82) is 0 Å². The molecule has 240 valence electrons. The molecule has 8 heteroatoms. The molecular formula is C38H42N2O6. The fourth-order valence-corrected chi connectivity index (χ4v) is 6.35. The summed E-state index contributed by atoms with van der Waals surface area (Å²) in [5, 5.41) is 12.6. The van der Waals surface area contributed by atoms with Gasteiger partial charge in [-0.2, -0.15) is 0 Å². The lowest BCUT2D eigenvalue weighted by Crippen LogP contribution is -2.45. The average Bonchev–Trinajstić information content (AvgIpc) is 3.11. The third-order valence-electron chi connectivity index (χ3n) is 9.10. The van der Waals surface area contributed by atoms with E-state index in [1.807, 2.05) is 66.7 Å². The molecule has 2 N–H and O–H groups in total. The first-order valence-electron chi connectivity index (χ1n) is 15.8. The number of nitrogens with one attached hydrogen (secondary N) is 1. The highest BCUT2D eigenvalue weighted by molar-refractivity contribution is 5.94. The van der Waals surface area contributed by atoms with E-state index in [9.17, 15) is 9.90 Å². The molecule has 0 bridgehead atoms. The van der Waals surface area contributed by atoms with Gasteiger partial charge in [0.15, 0.2) is 17.8 Å². The van der Waals surface area contributed by atoms with Crippen LogP contribution in [-0.2, 0) is 35.6 Å². The minimum absolute atomic E-state index is 0.000956. The quantitative estimate of drug-likeness (QED) is 0.225. The molecule has 2 aliphatic heterocycles. The molecule has 1 amide bonds. The van der Waals surface area contributed by atoms with Crippen molar-refractivity contribution in [2.45, 2.75) is 51.5 Å². The summed E-state index contributed by atoms with van der Waals surface area (Å²) in [4.78, 5) is 15.0. The van der Waals surface area contributed by atoms with Crippen molar-refractivity contribution in [3.8, 4) is 11.5 Å². The number of ether oxygens (including phenoxy) is 4. The van der Waals surface area contributed by atoms with E-state index in [4.69, 9.17) is 18.9 Å². The minimum atomic E-state index is -0.557. The zero-order valence-corrected chi connectivity index (χ0v) is 26.6. The number of rotatable bonds is 10. The number of hydrogen-bond donors (Lipinski definition) is 2. The fraction of sp³-hybridized carbons (Fsp3) is 0.342. The second kappa shape index (κ2) is 14.5. The summed E-state index contributed by atoms with van der Waals surface area (Å²) < 4.78 is 24.5. The Morgan fingerprint density at radius 3 is 2.20 bits per heavy atom. The van der Waals surface area contributed by atoms with Gasteiger partial charge in [-0.05, 0) is 58.5 Å². The van der Waals surface area contributed by atoms with Gasteiger partial charge in [0.05, 0.1) is 33.0 Å². The number of benzene rings is 4. The van der Waals surface area contributed by atoms with Gasteiger partial charge >= 0.3 is 0 Å². The Hall–Kier alpha value is -4.21. The fourth-order valence-electron chi connectivity index (χ4n) is 6.35. The van der Waals surface area contributed by atoms with Crippen LogP contribution in [0.25, 0.3) is 0 Å². The van der Waals surface area contributed by atoms with Crippen LogP contribution in [0.5, 0.6) is 11.5 Å². The smallest absolute Gasteiger partial charge is 0.251 e. The van der Waals surface area contributed by atoms with Gasteiger partial charge in [0.1, 0.15) is 0 Å². The van der Waals surface area contributed by atoms with E-state index in [1.165, 1.54) is 11.1 Å². The molecule has 4 aromatic rings. The Morgan fingerprint density at radius 1 is 0.870 bits per heavy atom. The zero-order chi connectivity index (χ0) is 32.0. The molecule has 1 saturated heterocycles. The van der Waals surface area contributed by atoms with E-state index in [2.05, 4.69) is 29.3 Å². The molecule has 4 aromatic carbocycles. The van der Waals surface area contributed by atoms with Crippen molar-refractivity contribution >= 4 is 5.91 Å². The minimum Gasteiger partial charge on any atom is -0.493 e. The van der Waals surface area contributed by atoms with Crippen molar-refractivity contribution in [2.75, 3.05) is 27.3 Å².